The van der Waals surface area contributed by atoms with Crippen molar-refractivity contribution in [2.75, 3.05) is 6.54 Å². The number of benzene rings is 1. The fourth-order valence-corrected chi connectivity index (χ4v) is 2.06. The summed E-state index contributed by atoms with van der Waals surface area (Å²) in [5, 5.41) is 3.28. The summed E-state index contributed by atoms with van der Waals surface area (Å²) in [6.07, 6.45) is 2.60. The molecule has 0 spiro atoms. The molecule has 0 bridgehead atoms. The Bertz CT molecular complexity index is 415. The molecule has 0 heterocycles. The predicted molar refractivity (Wildman–Crippen MR) is 76.0 cm³/mol. The third-order valence-electron chi connectivity index (χ3n) is 3.23. The number of rotatable bonds is 6. The summed E-state index contributed by atoms with van der Waals surface area (Å²) in [7, 11) is 0. The van der Waals surface area contributed by atoms with Crippen LogP contribution in [0.4, 0.5) is 13.2 Å². The van der Waals surface area contributed by atoms with Crippen LogP contribution in [0.5, 0.6) is 0 Å². The van der Waals surface area contributed by atoms with Crippen molar-refractivity contribution in [1.29, 1.82) is 0 Å². The van der Waals surface area contributed by atoms with E-state index in [0.29, 0.717) is 5.56 Å². The molecule has 1 rings (SSSR count). The second-order valence-corrected chi connectivity index (χ2v) is 6.40. The molecule has 1 atom stereocenters. The maximum Gasteiger partial charge on any atom is 0.194 e. The lowest BCUT2D eigenvalue weighted by atomic mass is 9.87. The van der Waals surface area contributed by atoms with Crippen molar-refractivity contribution in [2.45, 2.75) is 53.0 Å². The zero-order chi connectivity index (χ0) is 15.3. The molecule has 0 aliphatic heterocycles. The minimum atomic E-state index is -1.40. The first-order valence-electron chi connectivity index (χ1n) is 7.12. The molecule has 20 heavy (non-hydrogen) atoms. The lowest BCUT2D eigenvalue weighted by Crippen LogP contribution is -2.24. The van der Waals surface area contributed by atoms with E-state index in [-0.39, 0.29) is 11.5 Å². The van der Waals surface area contributed by atoms with Gasteiger partial charge in [0.05, 0.1) is 0 Å². The summed E-state index contributed by atoms with van der Waals surface area (Å²) in [5.41, 5.74) is 0.614. The molecule has 0 saturated heterocycles. The molecule has 0 aliphatic carbocycles. The highest BCUT2D eigenvalue weighted by Gasteiger charge is 2.19. The molecule has 1 aromatic carbocycles. The smallest absolute Gasteiger partial charge is 0.194 e. The van der Waals surface area contributed by atoms with Gasteiger partial charge in [-0.1, -0.05) is 27.7 Å². The van der Waals surface area contributed by atoms with E-state index in [1.54, 1.807) is 0 Å². The van der Waals surface area contributed by atoms with E-state index in [1.807, 2.05) is 6.92 Å². The fourth-order valence-electron chi connectivity index (χ4n) is 2.06. The van der Waals surface area contributed by atoms with Crippen molar-refractivity contribution in [3.05, 3.63) is 35.1 Å². The van der Waals surface area contributed by atoms with Crippen LogP contribution >= 0.6 is 0 Å². The third-order valence-corrected chi connectivity index (χ3v) is 3.23. The standard InChI is InChI=1S/C16H24F3N/c1-5-8-20-14(6-7-16(2,3)4)11-9-12(17)15(19)13(18)10-11/h9-10,14,20H,5-8H2,1-4H3. The van der Waals surface area contributed by atoms with Gasteiger partial charge in [-0.15, -0.1) is 0 Å². The summed E-state index contributed by atoms with van der Waals surface area (Å²) < 4.78 is 39.7. The molecule has 1 unspecified atom stereocenters. The zero-order valence-electron chi connectivity index (χ0n) is 12.7. The van der Waals surface area contributed by atoms with Gasteiger partial charge in [-0.25, -0.2) is 13.2 Å². The van der Waals surface area contributed by atoms with Gasteiger partial charge in [-0.05, 0) is 48.9 Å². The van der Waals surface area contributed by atoms with Crippen molar-refractivity contribution >= 4 is 0 Å². The van der Waals surface area contributed by atoms with Crippen LogP contribution in [0.2, 0.25) is 0 Å². The molecule has 4 heteroatoms. The lowest BCUT2D eigenvalue weighted by molar-refractivity contribution is 0.330. The predicted octanol–water partition coefficient (Wildman–Crippen LogP) is 4.97. The first-order chi connectivity index (χ1) is 9.24. The molecule has 0 amide bonds. The summed E-state index contributed by atoms with van der Waals surface area (Å²) in [4.78, 5) is 0. The molecule has 1 N–H and O–H groups in total. The third kappa shape index (κ3) is 5.16. The van der Waals surface area contributed by atoms with Crippen molar-refractivity contribution < 1.29 is 13.2 Å². The normalized spacial score (nSPS) is 13.6. The van der Waals surface area contributed by atoms with Crippen LogP contribution in [-0.4, -0.2) is 6.54 Å². The molecule has 0 fully saturated rings. The monoisotopic (exact) mass is 287 g/mol. The Morgan fingerprint density at radius 2 is 1.65 bits per heavy atom. The maximum absolute atomic E-state index is 13.4. The minimum absolute atomic E-state index is 0.142. The Balaban J connectivity index is 2.92. The molecule has 0 aliphatic rings. The average Bonchev–Trinajstić information content (AvgIpc) is 2.34. The Kier molecular flexibility index (Phi) is 6.06. The van der Waals surface area contributed by atoms with E-state index >= 15 is 0 Å². The molecule has 0 saturated carbocycles. The highest BCUT2D eigenvalue weighted by Crippen LogP contribution is 2.28. The van der Waals surface area contributed by atoms with Gasteiger partial charge in [0.2, 0.25) is 0 Å². The van der Waals surface area contributed by atoms with Gasteiger partial charge in [-0.2, -0.15) is 0 Å². The second-order valence-electron chi connectivity index (χ2n) is 6.40. The summed E-state index contributed by atoms with van der Waals surface area (Å²) in [6.45, 7) is 9.15. The van der Waals surface area contributed by atoms with Gasteiger partial charge in [0.1, 0.15) is 0 Å². The zero-order valence-corrected chi connectivity index (χ0v) is 12.7. The van der Waals surface area contributed by atoms with Gasteiger partial charge >= 0.3 is 0 Å². The maximum atomic E-state index is 13.4. The molecule has 1 aromatic rings. The number of hydrogen-bond donors (Lipinski definition) is 1. The van der Waals surface area contributed by atoms with E-state index in [1.165, 1.54) is 0 Å². The van der Waals surface area contributed by atoms with E-state index in [2.05, 4.69) is 26.1 Å². The van der Waals surface area contributed by atoms with Crippen molar-refractivity contribution in [3.8, 4) is 0 Å². The summed E-state index contributed by atoms with van der Waals surface area (Å²) in [6, 6.07) is 2.03. The largest absolute Gasteiger partial charge is 0.310 e. The van der Waals surface area contributed by atoms with Gasteiger partial charge in [0.25, 0.3) is 0 Å². The molecule has 0 aromatic heterocycles. The highest BCUT2D eigenvalue weighted by atomic mass is 19.2. The van der Waals surface area contributed by atoms with Crippen LogP contribution in [0.25, 0.3) is 0 Å². The van der Waals surface area contributed by atoms with Crippen LogP contribution < -0.4 is 5.32 Å². The van der Waals surface area contributed by atoms with E-state index < -0.39 is 17.5 Å². The van der Waals surface area contributed by atoms with Crippen LogP contribution in [0.15, 0.2) is 12.1 Å². The molecular formula is C16H24F3N. The Morgan fingerprint density at radius 3 is 2.10 bits per heavy atom. The highest BCUT2D eigenvalue weighted by molar-refractivity contribution is 5.22. The Hall–Kier alpha value is -1.03. The summed E-state index contributed by atoms with van der Waals surface area (Å²) in [5.74, 6) is -3.66. The fraction of sp³-hybridized carbons (Fsp3) is 0.625. The topological polar surface area (TPSA) is 12.0 Å². The van der Waals surface area contributed by atoms with Crippen LogP contribution in [-0.2, 0) is 0 Å². The quantitative estimate of drug-likeness (QED) is 0.728. The lowest BCUT2D eigenvalue weighted by Gasteiger charge is -2.24. The minimum Gasteiger partial charge on any atom is -0.310 e. The van der Waals surface area contributed by atoms with Gasteiger partial charge in [-0.3, -0.25) is 0 Å². The van der Waals surface area contributed by atoms with Crippen molar-refractivity contribution in [3.63, 3.8) is 0 Å². The van der Waals surface area contributed by atoms with Crippen LogP contribution in [0.3, 0.4) is 0 Å². The van der Waals surface area contributed by atoms with Crippen molar-refractivity contribution in [1.82, 2.24) is 5.32 Å². The Labute approximate surface area is 119 Å². The average molecular weight is 287 g/mol. The van der Waals surface area contributed by atoms with Crippen LogP contribution in [0, 0.1) is 22.9 Å². The number of hydrogen-bond acceptors (Lipinski definition) is 1. The first-order valence-corrected chi connectivity index (χ1v) is 7.12. The number of halogens is 3. The first kappa shape index (κ1) is 17.0. The van der Waals surface area contributed by atoms with Crippen LogP contribution in [0.1, 0.15) is 58.6 Å². The van der Waals surface area contributed by atoms with E-state index in [0.717, 1.165) is 37.9 Å². The second kappa shape index (κ2) is 7.11. The molecular weight excluding hydrogens is 263 g/mol. The molecule has 0 radical (unpaired) electrons. The van der Waals surface area contributed by atoms with E-state index in [9.17, 15) is 13.2 Å². The molecule has 114 valence electrons. The van der Waals surface area contributed by atoms with Gasteiger partial charge in [0, 0.05) is 6.04 Å². The number of nitrogens with one attached hydrogen (secondary N) is 1. The summed E-state index contributed by atoms with van der Waals surface area (Å²) >= 11 is 0. The Morgan fingerprint density at radius 1 is 1.10 bits per heavy atom. The van der Waals surface area contributed by atoms with E-state index in [4.69, 9.17) is 0 Å². The van der Waals surface area contributed by atoms with Gasteiger partial charge in [0.15, 0.2) is 17.5 Å². The van der Waals surface area contributed by atoms with Crippen molar-refractivity contribution in [2.24, 2.45) is 5.41 Å². The molecule has 1 nitrogen and oxygen atoms in total. The SMILES string of the molecule is CCCNC(CCC(C)(C)C)c1cc(F)c(F)c(F)c1. The van der Waals surface area contributed by atoms with Gasteiger partial charge < -0.3 is 5.32 Å².